The Kier molecular flexibility index (Phi) is 26.3. The summed E-state index contributed by atoms with van der Waals surface area (Å²) < 4.78 is 0. The molecule has 0 aromatic rings. The molecule has 0 aliphatic rings. The van der Waals surface area contributed by atoms with Crippen molar-refractivity contribution < 1.29 is 9.59 Å². The fourth-order valence-electron chi connectivity index (χ4n) is 0. The standard InChI is InChI=1S/C3H4O.C2H4O/c1-2-3-4;1-2-3/h2-3H,1H2;2H,1H3. The molecule has 2 nitrogen and oxygen atoms in total. The summed E-state index contributed by atoms with van der Waals surface area (Å²) in [5.74, 6) is 0. The van der Waals surface area contributed by atoms with Crippen LogP contribution < -0.4 is 0 Å². The normalized spacial score (nSPS) is 4.71. The van der Waals surface area contributed by atoms with Crippen molar-refractivity contribution in [3.63, 3.8) is 0 Å². The zero-order chi connectivity index (χ0) is 6.12. The van der Waals surface area contributed by atoms with Crippen molar-refractivity contribution in [3.05, 3.63) is 12.7 Å². The maximum Gasteiger partial charge on any atom is 0.142 e. The van der Waals surface area contributed by atoms with Crippen LogP contribution in [0.3, 0.4) is 0 Å². The van der Waals surface area contributed by atoms with Gasteiger partial charge in [0.05, 0.1) is 0 Å². The molecule has 0 spiro atoms. The molecule has 0 aliphatic heterocycles. The van der Waals surface area contributed by atoms with Crippen LogP contribution in [0.15, 0.2) is 12.7 Å². The molecule has 7 heavy (non-hydrogen) atoms. The van der Waals surface area contributed by atoms with E-state index in [4.69, 9.17) is 9.59 Å². The van der Waals surface area contributed by atoms with Crippen molar-refractivity contribution in [2.45, 2.75) is 6.92 Å². The molecule has 0 saturated heterocycles. The van der Waals surface area contributed by atoms with Crippen LogP contribution in [0.4, 0.5) is 0 Å². The molecule has 0 fully saturated rings. The van der Waals surface area contributed by atoms with Gasteiger partial charge in [-0.15, -0.1) is 0 Å². The van der Waals surface area contributed by atoms with E-state index in [-0.39, 0.29) is 0 Å². The molecular formula is C5H8O2. The largest absolute Gasteiger partial charge is 0.304 e. The van der Waals surface area contributed by atoms with Crippen molar-refractivity contribution in [2.75, 3.05) is 0 Å². The lowest BCUT2D eigenvalue weighted by Gasteiger charge is -1.37. The lowest BCUT2D eigenvalue weighted by atomic mass is 10.8. The van der Waals surface area contributed by atoms with Gasteiger partial charge in [0.2, 0.25) is 0 Å². The highest BCUT2D eigenvalue weighted by Gasteiger charge is 1.38. The lowest BCUT2D eigenvalue weighted by molar-refractivity contribution is -0.106. The molecule has 0 radical (unpaired) electrons. The molecular weight excluding hydrogens is 92.1 g/mol. The van der Waals surface area contributed by atoms with Gasteiger partial charge < -0.3 is 4.79 Å². The van der Waals surface area contributed by atoms with Crippen LogP contribution in [0, 0.1) is 0 Å². The first kappa shape index (κ1) is 9.43. The highest BCUT2D eigenvalue weighted by molar-refractivity contribution is 5.63. The Bertz CT molecular complexity index is 51.1. The van der Waals surface area contributed by atoms with E-state index in [1.54, 1.807) is 0 Å². The molecule has 0 rings (SSSR count). The molecule has 0 amide bonds. The van der Waals surface area contributed by atoms with Crippen LogP contribution in [-0.4, -0.2) is 12.6 Å². The quantitative estimate of drug-likeness (QED) is 0.356. The molecule has 0 unspecified atom stereocenters. The van der Waals surface area contributed by atoms with E-state index >= 15 is 0 Å². The Hall–Kier alpha value is -0.920. The second-order valence-electron chi connectivity index (χ2n) is 0.607. The summed E-state index contributed by atoms with van der Waals surface area (Å²) in [5, 5.41) is 0. The van der Waals surface area contributed by atoms with E-state index in [1.165, 1.54) is 13.0 Å². The Labute approximate surface area is 42.8 Å². The number of aldehydes is 2. The topological polar surface area (TPSA) is 34.1 Å². The van der Waals surface area contributed by atoms with Gasteiger partial charge in [0.15, 0.2) is 0 Å². The van der Waals surface area contributed by atoms with Gasteiger partial charge in [-0.1, -0.05) is 6.58 Å². The van der Waals surface area contributed by atoms with E-state index in [0.717, 1.165) is 6.29 Å². The van der Waals surface area contributed by atoms with Crippen LogP contribution in [0.5, 0.6) is 0 Å². The van der Waals surface area contributed by atoms with E-state index in [9.17, 15) is 0 Å². The molecule has 0 aromatic carbocycles. The number of hydrogen-bond acceptors (Lipinski definition) is 2. The third kappa shape index (κ3) is 7530. The summed E-state index contributed by atoms with van der Waals surface area (Å²) in [4.78, 5) is 17.9. The Balaban J connectivity index is 0. The highest BCUT2D eigenvalue weighted by atomic mass is 16.1. The number of hydrogen-bond donors (Lipinski definition) is 0. The fraction of sp³-hybridized carbons (Fsp3) is 0.200. The third-order valence-corrected chi connectivity index (χ3v) is 0.0962. The summed E-state index contributed by atoms with van der Waals surface area (Å²) in [7, 11) is 0. The first-order chi connectivity index (χ1) is 3.33. The molecule has 0 N–H and O–H groups in total. The van der Waals surface area contributed by atoms with Crippen molar-refractivity contribution in [1.82, 2.24) is 0 Å². The number of allylic oxidation sites excluding steroid dienone is 1. The van der Waals surface area contributed by atoms with Crippen LogP contribution in [0.2, 0.25) is 0 Å². The second kappa shape index (κ2) is 19.5. The Morgan fingerprint density at radius 3 is 1.57 bits per heavy atom. The summed E-state index contributed by atoms with van der Waals surface area (Å²) >= 11 is 0. The third-order valence-electron chi connectivity index (χ3n) is 0.0962. The van der Waals surface area contributed by atoms with Gasteiger partial charge in [0.1, 0.15) is 12.6 Å². The van der Waals surface area contributed by atoms with E-state index in [0.29, 0.717) is 6.29 Å². The van der Waals surface area contributed by atoms with Crippen LogP contribution in [0.1, 0.15) is 6.92 Å². The summed E-state index contributed by atoms with van der Waals surface area (Å²) in [6.45, 7) is 4.56. The minimum Gasteiger partial charge on any atom is -0.304 e. The van der Waals surface area contributed by atoms with E-state index in [2.05, 4.69) is 6.58 Å². The van der Waals surface area contributed by atoms with Crippen molar-refractivity contribution in [2.24, 2.45) is 0 Å². The van der Waals surface area contributed by atoms with Crippen LogP contribution in [0.25, 0.3) is 0 Å². The minimum atomic E-state index is 0.639. The number of rotatable bonds is 1. The van der Waals surface area contributed by atoms with Crippen LogP contribution >= 0.6 is 0 Å². The van der Waals surface area contributed by atoms with Gasteiger partial charge in [-0.3, -0.25) is 4.79 Å². The molecule has 40 valence electrons. The first-order valence-corrected chi connectivity index (χ1v) is 1.79. The molecule has 2 heteroatoms. The van der Waals surface area contributed by atoms with Crippen molar-refractivity contribution >= 4 is 12.6 Å². The van der Waals surface area contributed by atoms with E-state index < -0.39 is 0 Å². The van der Waals surface area contributed by atoms with Crippen molar-refractivity contribution in [1.29, 1.82) is 0 Å². The molecule has 0 saturated carbocycles. The maximum absolute atomic E-state index is 9.06. The first-order valence-electron chi connectivity index (χ1n) is 1.79. The lowest BCUT2D eigenvalue weighted by Crippen LogP contribution is -1.44. The average Bonchev–Trinajstić information content (AvgIpc) is 1.69. The Morgan fingerprint density at radius 2 is 1.57 bits per heavy atom. The summed E-state index contributed by atoms with van der Waals surface area (Å²) in [6.07, 6.45) is 2.58. The van der Waals surface area contributed by atoms with Gasteiger partial charge in [-0.2, -0.15) is 0 Å². The van der Waals surface area contributed by atoms with Gasteiger partial charge >= 0.3 is 0 Å². The zero-order valence-electron chi connectivity index (χ0n) is 4.26. The predicted molar refractivity (Wildman–Crippen MR) is 28.0 cm³/mol. The van der Waals surface area contributed by atoms with Gasteiger partial charge in [0.25, 0.3) is 0 Å². The van der Waals surface area contributed by atoms with Crippen LogP contribution in [-0.2, 0) is 9.59 Å². The molecule has 0 aromatic heterocycles. The highest BCUT2D eigenvalue weighted by Crippen LogP contribution is 1.35. The van der Waals surface area contributed by atoms with Crippen molar-refractivity contribution in [3.8, 4) is 0 Å². The minimum absolute atomic E-state index is 0.639. The molecule has 0 heterocycles. The smallest absolute Gasteiger partial charge is 0.142 e. The summed E-state index contributed by atoms with van der Waals surface area (Å²) in [5.41, 5.74) is 0. The summed E-state index contributed by atoms with van der Waals surface area (Å²) in [6, 6.07) is 0. The maximum atomic E-state index is 9.06. The zero-order valence-corrected chi connectivity index (χ0v) is 4.26. The number of carbonyl (C=O) groups excluding carboxylic acids is 2. The number of carbonyl (C=O) groups is 2. The van der Waals surface area contributed by atoms with Gasteiger partial charge in [-0.25, -0.2) is 0 Å². The predicted octanol–water partition coefficient (Wildman–Crippen LogP) is 0.577. The molecule has 0 aliphatic carbocycles. The van der Waals surface area contributed by atoms with E-state index in [1.807, 2.05) is 0 Å². The SMILES string of the molecule is C=CC=O.CC=O. The fourth-order valence-corrected chi connectivity index (χ4v) is 0. The Morgan fingerprint density at radius 1 is 1.43 bits per heavy atom. The molecule has 0 atom stereocenters. The van der Waals surface area contributed by atoms with Gasteiger partial charge in [0, 0.05) is 0 Å². The second-order valence-corrected chi connectivity index (χ2v) is 0.607. The van der Waals surface area contributed by atoms with Gasteiger partial charge in [-0.05, 0) is 13.0 Å². The molecule has 0 bridgehead atoms. The monoisotopic (exact) mass is 100 g/mol. The average molecular weight is 100 g/mol.